The summed E-state index contributed by atoms with van der Waals surface area (Å²) >= 11 is 1.80. The van der Waals surface area contributed by atoms with Gasteiger partial charge in [-0.1, -0.05) is 23.9 Å². The third-order valence-corrected chi connectivity index (χ3v) is 3.34. The van der Waals surface area contributed by atoms with E-state index in [1.807, 2.05) is 12.1 Å². The molecule has 1 aliphatic rings. The Kier molecular flexibility index (Phi) is 4.10. The van der Waals surface area contributed by atoms with Crippen molar-refractivity contribution < 1.29 is 4.74 Å². The van der Waals surface area contributed by atoms with E-state index in [1.165, 1.54) is 5.56 Å². The van der Waals surface area contributed by atoms with Crippen molar-refractivity contribution in [2.45, 2.75) is 6.42 Å². The van der Waals surface area contributed by atoms with Gasteiger partial charge in [-0.05, 0) is 24.1 Å². The normalized spacial score (nSPS) is 14.7. The summed E-state index contributed by atoms with van der Waals surface area (Å²) in [5, 5.41) is 4.43. The minimum Gasteiger partial charge on any atom is -0.497 e. The topological polar surface area (TPSA) is 33.6 Å². The van der Waals surface area contributed by atoms with Gasteiger partial charge in [0.2, 0.25) is 0 Å². The Hall–Kier alpha value is -1.16. The Morgan fingerprint density at radius 3 is 3.19 bits per heavy atom. The van der Waals surface area contributed by atoms with Gasteiger partial charge in [0.05, 0.1) is 13.7 Å². The average Bonchev–Trinajstić information content (AvgIpc) is 2.82. The zero-order valence-corrected chi connectivity index (χ0v) is 10.2. The predicted octanol–water partition coefficient (Wildman–Crippen LogP) is 1.93. The van der Waals surface area contributed by atoms with E-state index < -0.39 is 0 Å². The number of hydrogen-bond donors (Lipinski definition) is 1. The van der Waals surface area contributed by atoms with Crippen LogP contribution in [0.1, 0.15) is 5.56 Å². The van der Waals surface area contributed by atoms with E-state index in [0.29, 0.717) is 0 Å². The lowest BCUT2D eigenvalue weighted by Gasteiger charge is -2.06. The van der Waals surface area contributed by atoms with Crippen molar-refractivity contribution in [3.8, 4) is 5.75 Å². The highest BCUT2D eigenvalue weighted by molar-refractivity contribution is 8.14. The number of benzene rings is 1. The molecule has 3 nitrogen and oxygen atoms in total. The molecule has 0 atom stereocenters. The molecular formula is C12H16N2OS. The first-order valence-electron chi connectivity index (χ1n) is 5.42. The molecule has 86 valence electrons. The number of methoxy groups -OCH3 is 1. The van der Waals surface area contributed by atoms with Crippen LogP contribution in [0, 0.1) is 0 Å². The molecule has 0 saturated heterocycles. The lowest BCUT2D eigenvalue weighted by Crippen LogP contribution is -2.21. The molecule has 0 aromatic heterocycles. The van der Waals surface area contributed by atoms with Crippen LogP contribution in [0.5, 0.6) is 5.75 Å². The third-order valence-electron chi connectivity index (χ3n) is 2.41. The van der Waals surface area contributed by atoms with Gasteiger partial charge in [0, 0.05) is 12.3 Å². The summed E-state index contributed by atoms with van der Waals surface area (Å²) < 4.78 is 5.19. The van der Waals surface area contributed by atoms with Gasteiger partial charge < -0.3 is 10.1 Å². The van der Waals surface area contributed by atoms with E-state index in [9.17, 15) is 0 Å². The van der Waals surface area contributed by atoms with E-state index in [4.69, 9.17) is 4.74 Å². The van der Waals surface area contributed by atoms with E-state index in [-0.39, 0.29) is 0 Å². The summed E-state index contributed by atoms with van der Waals surface area (Å²) in [4.78, 5) is 4.34. The summed E-state index contributed by atoms with van der Waals surface area (Å²) in [6.45, 7) is 1.88. The van der Waals surface area contributed by atoms with Crippen molar-refractivity contribution in [3.63, 3.8) is 0 Å². The number of hydrogen-bond acceptors (Lipinski definition) is 4. The SMILES string of the molecule is COc1cccc(CCNC2=NCCS2)c1. The first kappa shape index (κ1) is 11.3. The minimum absolute atomic E-state index is 0.921. The molecule has 1 heterocycles. The number of aliphatic imine (C=N–C) groups is 1. The van der Waals surface area contributed by atoms with Gasteiger partial charge in [0.1, 0.15) is 5.75 Å². The summed E-state index contributed by atoms with van der Waals surface area (Å²) in [5.74, 6) is 2.03. The lowest BCUT2D eigenvalue weighted by atomic mass is 10.1. The van der Waals surface area contributed by atoms with Crippen molar-refractivity contribution in [2.24, 2.45) is 4.99 Å². The number of nitrogens with zero attached hydrogens (tertiary/aromatic N) is 1. The smallest absolute Gasteiger partial charge is 0.156 e. The molecular weight excluding hydrogens is 220 g/mol. The number of ether oxygens (including phenoxy) is 1. The van der Waals surface area contributed by atoms with Crippen LogP contribution in [0.4, 0.5) is 0 Å². The van der Waals surface area contributed by atoms with Crippen LogP contribution in [0.3, 0.4) is 0 Å². The highest BCUT2D eigenvalue weighted by atomic mass is 32.2. The van der Waals surface area contributed by atoms with Crippen LogP contribution in [0.2, 0.25) is 0 Å². The molecule has 0 saturated carbocycles. The molecule has 2 rings (SSSR count). The maximum Gasteiger partial charge on any atom is 0.156 e. The summed E-state index contributed by atoms with van der Waals surface area (Å²) in [6.07, 6.45) is 0.997. The van der Waals surface area contributed by atoms with E-state index in [2.05, 4.69) is 22.4 Å². The highest BCUT2D eigenvalue weighted by Crippen LogP contribution is 2.13. The highest BCUT2D eigenvalue weighted by Gasteiger charge is 2.05. The second kappa shape index (κ2) is 5.80. The largest absolute Gasteiger partial charge is 0.497 e. The zero-order valence-electron chi connectivity index (χ0n) is 9.40. The Balaban J connectivity index is 1.80. The molecule has 0 aliphatic carbocycles. The van der Waals surface area contributed by atoms with Crippen LogP contribution in [-0.4, -0.2) is 31.1 Å². The summed E-state index contributed by atoms with van der Waals surface area (Å²) in [6, 6.07) is 8.18. The van der Waals surface area contributed by atoms with E-state index in [0.717, 1.165) is 36.2 Å². The fourth-order valence-corrected chi connectivity index (χ4v) is 2.35. The number of nitrogens with one attached hydrogen (secondary N) is 1. The molecule has 0 radical (unpaired) electrons. The standard InChI is InChI=1S/C12H16N2OS/c1-15-11-4-2-3-10(9-11)5-6-13-12-14-7-8-16-12/h2-4,9H,5-8H2,1H3,(H,13,14). The van der Waals surface area contributed by atoms with Crippen molar-refractivity contribution in [1.29, 1.82) is 0 Å². The van der Waals surface area contributed by atoms with Crippen LogP contribution in [-0.2, 0) is 6.42 Å². The maximum atomic E-state index is 5.19. The quantitative estimate of drug-likeness (QED) is 0.867. The minimum atomic E-state index is 0.921. The molecule has 1 aromatic rings. The zero-order chi connectivity index (χ0) is 11.2. The van der Waals surface area contributed by atoms with Crippen molar-refractivity contribution in [1.82, 2.24) is 5.32 Å². The molecule has 1 aromatic carbocycles. The summed E-state index contributed by atoms with van der Waals surface area (Å²) in [5.41, 5.74) is 1.29. The molecule has 1 N–H and O–H groups in total. The summed E-state index contributed by atoms with van der Waals surface area (Å²) in [7, 11) is 1.70. The average molecular weight is 236 g/mol. The van der Waals surface area contributed by atoms with Gasteiger partial charge in [-0.25, -0.2) is 0 Å². The first-order chi connectivity index (χ1) is 7.88. The van der Waals surface area contributed by atoms with Gasteiger partial charge >= 0.3 is 0 Å². The number of amidine groups is 1. The molecule has 0 amide bonds. The van der Waals surface area contributed by atoms with Crippen LogP contribution < -0.4 is 10.1 Å². The Labute approximate surface area is 100 Å². The fraction of sp³-hybridized carbons (Fsp3) is 0.417. The fourth-order valence-electron chi connectivity index (χ4n) is 1.58. The molecule has 0 unspecified atom stereocenters. The first-order valence-corrected chi connectivity index (χ1v) is 6.41. The molecule has 0 spiro atoms. The maximum absolute atomic E-state index is 5.19. The van der Waals surface area contributed by atoms with Gasteiger partial charge in [0.15, 0.2) is 5.17 Å². The molecule has 0 bridgehead atoms. The molecule has 1 aliphatic heterocycles. The number of rotatable bonds is 4. The van der Waals surface area contributed by atoms with Crippen LogP contribution in [0.25, 0.3) is 0 Å². The molecule has 4 heteroatoms. The third kappa shape index (κ3) is 3.17. The van der Waals surface area contributed by atoms with Gasteiger partial charge in [0.25, 0.3) is 0 Å². The van der Waals surface area contributed by atoms with Gasteiger partial charge in [-0.15, -0.1) is 0 Å². The van der Waals surface area contributed by atoms with Crippen LogP contribution >= 0.6 is 11.8 Å². The van der Waals surface area contributed by atoms with Gasteiger partial charge in [-0.2, -0.15) is 0 Å². The molecule has 0 fully saturated rings. The monoisotopic (exact) mass is 236 g/mol. The van der Waals surface area contributed by atoms with Crippen LogP contribution in [0.15, 0.2) is 29.3 Å². The Morgan fingerprint density at radius 2 is 2.44 bits per heavy atom. The second-order valence-electron chi connectivity index (χ2n) is 3.56. The van der Waals surface area contributed by atoms with E-state index in [1.54, 1.807) is 18.9 Å². The second-order valence-corrected chi connectivity index (χ2v) is 4.65. The predicted molar refractivity (Wildman–Crippen MR) is 69.5 cm³/mol. The van der Waals surface area contributed by atoms with Crippen molar-refractivity contribution in [2.75, 3.05) is 26.0 Å². The van der Waals surface area contributed by atoms with E-state index >= 15 is 0 Å². The van der Waals surface area contributed by atoms with Gasteiger partial charge in [-0.3, -0.25) is 4.99 Å². The Bertz CT molecular complexity index is 379. The number of thioether (sulfide) groups is 1. The lowest BCUT2D eigenvalue weighted by molar-refractivity contribution is 0.414. The van der Waals surface area contributed by atoms with Crippen molar-refractivity contribution in [3.05, 3.63) is 29.8 Å². The van der Waals surface area contributed by atoms with Crippen molar-refractivity contribution >= 4 is 16.9 Å². The molecule has 16 heavy (non-hydrogen) atoms. The Morgan fingerprint density at radius 1 is 1.50 bits per heavy atom.